The Labute approximate surface area is 87.6 Å². The van der Waals surface area contributed by atoms with Gasteiger partial charge in [0.15, 0.2) is 5.76 Å². The highest BCUT2D eigenvalue weighted by Gasteiger charge is 2.22. The fraction of sp³-hybridized carbons (Fsp3) is 0.364. The normalized spacial score (nSPS) is 22.0. The Balaban J connectivity index is 2.02. The van der Waals surface area contributed by atoms with E-state index in [1.165, 1.54) is 0 Å². The summed E-state index contributed by atoms with van der Waals surface area (Å²) >= 11 is 0. The van der Waals surface area contributed by atoms with E-state index in [1.54, 1.807) is 0 Å². The van der Waals surface area contributed by atoms with Crippen LogP contribution >= 0.6 is 0 Å². The van der Waals surface area contributed by atoms with Crippen LogP contribution in [-0.4, -0.2) is 24.8 Å². The average Bonchev–Trinajstić information content (AvgIpc) is 2.74. The summed E-state index contributed by atoms with van der Waals surface area (Å²) in [6, 6.07) is 8.07. The van der Waals surface area contributed by atoms with Crippen molar-refractivity contribution in [3.05, 3.63) is 30.0 Å². The van der Waals surface area contributed by atoms with E-state index in [-0.39, 0.29) is 6.04 Å². The Morgan fingerprint density at radius 3 is 3.13 bits per heavy atom. The maximum absolute atomic E-state index is 5.37. The standard InChI is InChI=1S/C11H12N3O/c1-2-4-9-8(3-1)11(15-14-9)10-7-12-5-6-13-10/h1-4,10,12H,5-7H2. The van der Waals surface area contributed by atoms with Crippen LogP contribution in [0.1, 0.15) is 11.8 Å². The number of nitrogens with one attached hydrogen (secondary N) is 1. The topological polar surface area (TPSA) is 52.2 Å². The zero-order chi connectivity index (χ0) is 10.1. The molecule has 1 aromatic heterocycles. The van der Waals surface area contributed by atoms with Crippen molar-refractivity contribution in [1.82, 2.24) is 15.8 Å². The Kier molecular flexibility index (Phi) is 2.16. The largest absolute Gasteiger partial charge is 0.358 e. The lowest BCUT2D eigenvalue weighted by atomic mass is 10.1. The van der Waals surface area contributed by atoms with Gasteiger partial charge in [-0.3, -0.25) is 0 Å². The van der Waals surface area contributed by atoms with E-state index in [0.29, 0.717) is 0 Å². The van der Waals surface area contributed by atoms with Gasteiger partial charge in [0.25, 0.3) is 0 Å². The maximum Gasteiger partial charge on any atom is 0.164 e. The Morgan fingerprint density at radius 2 is 2.27 bits per heavy atom. The van der Waals surface area contributed by atoms with Crippen molar-refractivity contribution in [3.63, 3.8) is 0 Å². The molecule has 3 rings (SSSR count). The second-order valence-electron chi connectivity index (χ2n) is 3.69. The van der Waals surface area contributed by atoms with Gasteiger partial charge in [0.05, 0.1) is 6.04 Å². The van der Waals surface area contributed by atoms with E-state index >= 15 is 0 Å². The number of fused-ring (bicyclic) bond motifs is 1. The summed E-state index contributed by atoms with van der Waals surface area (Å²) in [6.45, 7) is 2.65. The molecular formula is C11H12N3O. The fourth-order valence-corrected chi connectivity index (χ4v) is 1.93. The van der Waals surface area contributed by atoms with E-state index in [9.17, 15) is 0 Å². The minimum Gasteiger partial charge on any atom is -0.358 e. The number of hydrogen-bond acceptors (Lipinski definition) is 3. The van der Waals surface area contributed by atoms with Crippen molar-refractivity contribution in [2.24, 2.45) is 0 Å². The van der Waals surface area contributed by atoms with Gasteiger partial charge in [-0.15, -0.1) is 0 Å². The second kappa shape index (κ2) is 3.64. The number of piperazine rings is 1. The van der Waals surface area contributed by atoms with Crippen molar-refractivity contribution < 1.29 is 4.52 Å². The maximum atomic E-state index is 5.37. The molecule has 1 aromatic carbocycles. The molecule has 0 aliphatic carbocycles. The highest BCUT2D eigenvalue weighted by Crippen LogP contribution is 2.24. The summed E-state index contributed by atoms with van der Waals surface area (Å²) in [5, 5.41) is 12.9. The molecule has 1 saturated heterocycles. The number of rotatable bonds is 1. The summed E-state index contributed by atoms with van der Waals surface area (Å²) < 4.78 is 5.37. The third kappa shape index (κ3) is 1.52. The highest BCUT2D eigenvalue weighted by atomic mass is 16.5. The zero-order valence-corrected chi connectivity index (χ0v) is 8.31. The Morgan fingerprint density at radius 1 is 1.33 bits per heavy atom. The molecule has 0 bridgehead atoms. The van der Waals surface area contributed by atoms with E-state index in [2.05, 4.69) is 15.8 Å². The molecule has 1 fully saturated rings. The molecule has 0 spiro atoms. The van der Waals surface area contributed by atoms with Gasteiger partial charge in [-0.05, 0) is 12.1 Å². The van der Waals surface area contributed by atoms with Gasteiger partial charge in [-0.25, -0.2) is 5.32 Å². The predicted molar refractivity (Wildman–Crippen MR) is 56.6 cm³/mol. The van der Waals surface area contributed by atoms with Gasteiger partial charge in [-0.2, -0.15) is 0 Å². The van der Waals surface area contributed by atoms with Crippen LogP contribution in [0.4, 0.5) is 0 Å². The first-order valence-electron chi connectivity index (χ1n) is 5.17. The summed E-state index contributed by atoms with van der Waals surface area (Å²) in [5.41, 5.74) is 0.910. The van der Waals surface area contributed by atoms with E-state index < -0.39 is 0 Å². The van der Waals surface area contributed by atoms with Crippen molar-refractivity contribution in [2.45, 2.75) is 6.04 Å². The minimum atomic E-state index is 0.117. The fourth-order valence-electron chi connectivity index (χ4n) is 1.93. The highest BCUT2D eigenvalue weighted by molar-refractivity contribution is 5.80. The Bertz CT molecular complexity index is 460. The number of hydrogen-bond donors (Lipinski definition) is 1. The molecular weight excluding hydrogens is 190 g/mol. The van der Waals surface area contributed by atoms with Gasteiger partial charge in [0.1, 0.15) is 5.52 Å². The molecule has 1 aliphatic rings. The van der Waals surface area contributed by atoms with Gasteiger partial charge in [-0.1, -0.05) is 17.3 Å². The van der Waals surface area contributed by atoms with Crippen molar-refractivity contribution in [1.29, 1.82) is 0 Å². The Hall–Kier alpha value is -1.39. The molecule has 4 nitrogen and oxygen atoms in total. The molecule has 1 radical (unpaired) electrons. The summed E-state index contributed by atoms with van der Waals surface area (Å²) in [6.07, 6.45) is 0. The smallest absolute Gasteiger partial charge is 0.164 e. The van der Waals surface area contributed by atoms with E-state index in [1.807, 2.05) is 24.3 Å². The summed E-state index contributed by atoms with van der Waals surface area (Å²) in [4.78, 5) is 0. The van der Waals surface area contributed by atoms with Crippen LogP contribution in [0.25, 0.3) is 10.9 Å². The average molecular weight is 202 g/mol. The molecule has 15 heavy (non-hydrogen) atoms. The van der Waals surface area contributed by atoms with Crippen molar-refractivity contribution in [2.75, 3.05) is 19.6 Å². The number of aromatic nitrogens is 1. The molecule has 0 amide bonds. The lowest BCUT2D eigenvalue weighted by Crippen LogP contribution is -2.38. The van der Waals surface area contributed by atoms with Crippen LogP contribution < -0.4 is 10.6 Å². The number of benzene rings is 1. The van der Waals surface area contributed by atoms with Crippen LogP contribution in [0.2, 0.25) is 0 Å². The van der Waals surface area contributed by atoms with Gasteiger partial charge < -0.3 is 9.84 Å². The van der Waals surface area contributed by atoms with Crippen LogP contribution in [0.3, 0.4) is 0 Å². The minimum absolute atomic E-state index is 0.117. The first-order valence-corrected chi connectivity index (χ1v) is 5.17. The van der Waals surface area contributed by atoms with Crippen LogP contribution in [0, 0.1) is 0 Å². The molecule has 0 saturated carbocycles. The molecule has 2 aromatic rings. The SMILES string of the molecule is c1ccc2c(C3CNCC[N]3)onc2c1. The van der Waals surface area contributed by atoms with Crippen LogP contribution in [0.15, 0.2) is 28.8 Å². The van der Waals surface area contributed by atoms with Gasteiger partial charge in [0, 0.05) is 25.0 Å². The van der Waals surface area contributed by atoms with Crippen LogP contribution in [-0.2, 0) is 0 Å². The molecule has 4 heteroatoms. The van der Waals surface area contributed by atoms with E-state index in [0.717, 1.165) is 36.3 Å². The summed E-state index contributed by atoms with van der Waals surface area (Å²) in [5.74, 6) is 0.887. The second-order valence-corrected chi connectivity index (χ2v) is 3.69. The van der Waals surface area contributed by atoms with Gasteiger partial charge >= 0.3 is 0 Å². The lowest BCUT2D eigenvalue weighted by Gasteiger charge is -2.20. The third-order valence-corrected chi connectivity index (χ3v) is 2.69. The molecule has 1 aliphatic heterocycles. The first-order chi connectivity index (χ1) is 7.45. The van der Waals surface area contributed by atoms with E-state index in [4.69, 9.17) is 4.52 Å². The zero-order valence-electron chi connectivity index (χ0n) is 8.31. The molecule has 1 unspecified atom stereocenters. The molecule has 2 heterocycles. The van der Waals surface area contributed by atoms with Crippen molar-refractivity contribution in [3.8, 4) is 0 Å². The monoisotopic (exact) mass is 202 g/mol. The number of nitrogens with zero attached hydrogens (tertiary/aromatic N) is 2. The quantitative estimate of drug-likeness (QED) is 0.752. The third-order valence-electron chi connectivity index (χ3n) is 2.69. The lowest BCUT2D eigenvalue weighted by molar-refractivity contribution is 0.315. The van der Waals surface area contributed by atoms with Crippen LogP contribution in [0.5, 0.6) is 0 Å². The van der Waals surface area contributed by atoms with Gasteiger partial charge in [0.2, 0.25) is 0 Å². The predicted octanol–water partition coefficient (Wildman–Crippen LogP) is 1.08. The summed E-state index contributed by atoms with van der Waals surface area (Å²) in [7, 11) is 0. The molecule has 77 valence electrons. The first kappa shape index (κ1) is 8.88. The van der Waals surface area contributed by atoms with Crippen molar-refractivity contribution >= 4 is 10.9 Å². The molecule has 1 atom stereocenters. The molecule has 1 N–H and O–H groups in total.